The molecule has 0 amide bonds. The molecule has 0 aliphatic heterocycles. The average Bonchev–Trinajstić information content (AvgIpc) is 0.899. The second-order valence-corrected chi connectivity index (χ2v) is 35.5. The molecule has 6 atom stereocenters. The summed E-state index contributed by atoms with van der Waals surface area (Å²) in [6.45, 7) is 7.44. The van der Waals surface area contributed by atoms with Gasteiger partial charge in [-0.25, -0.2) is 9.13 Å². The molecule has 109 heavy (non-hydrogen) atoms. The van der Waals surface area contributed by atoms with E-state index in [0.29, 0.717) is 25.7 Å². The molecule has 3 unspecified atom stereocenters. The summed E-state index contributed by atoms with van der Waals surface area (Å²) < 4.78 is 69.0. The Morgan fingerprint density at radius 2 is 0.440 bits per heavy atom. The Kier molecular flexibility index (Phi) is 81.1. The van der Waals surface area contributed by atoms with Gasteiger partial charge in [0, 0.05) is 25.7 Å². The van der Waals surface area contributed by atoms with E-state index >= 15 is 0 Å². The van der Waals surface area contributed by atoms with Gasteiger partial charge in [-0.15, -0.1) is 0 Å². The van der Waals surface area contributed by atoms with E-state index in [-0.39, 0.29) is 25.7 Å². The van der Waals surface area contributed by atoms with Crippen molar-refractivity contribution in [2.45, 2.75) is 509 Å². The number of ether oxygens (including phenoxy) is 4. The third-order valence-electron chi connectivity index (χ3n) is 21.6. The van der Waals surface area contributed by atoms with Gasteiger partial charge in [0.2, 0.25) is 0 Å². The van der Waals surface area contributed by atoms with Crippen LogP contribution < -0.4 is 0 Å². The van der Waals surface area contributed by atoms with E-state index in [0.717, 1.165) is 95.8 Å². The van der Waals surface area contributed by atoms with Crippen LogP contribution in [0.25, 0.3) is 0 Å². The fraction of sp³-hybridized carbons (Fsp3) is 0.956. The number of esters is 4. The van der Waals surface area contributed by atoms with Gasteiger partial charge in [0.15, 0.2) is 12.2 Å². The average molecular weight is 1590 g/mol. The molecule has 648 valence electrons. The highest BCUT2D eigenvalue weighted by atomic mass is 31.2. The van der Waals surface area contributed by atoms with Crippen molar-refractivity contribution < 1.29 is 80.2 Å². The molecule has 0 rings (SSSR count). The van der Waals surface area contributed by atoms with Crippen LogP contribution in [0.1, 0.15) is 490 Å². The topological polar surface area (TPSA) is 237 Å². The molecular weight excluding hydrogens is 1410 g/mol. The largest absolute Gasteiger partial charge is 0.472 e. The van der Waals surface area contributed by atoms with E-state index in [1.165, 1.54) is 315 Å². The Balaban J connectivity index is 5.19. The lowest BCUT2D eigenvalue weighted by Gasteiger charge is -2.21. The molecule has 19 heteroatoms. The van der Waals surface area contributed by atoms with Crippen molar-refractivity contribution in [1.29, 1.82) is 0 Å². The molecule has 0 fully saturated rings. The van der Waals surface area contributed by atoms with Crippen LogP contribution in [0.5, 0.6) is 0 Å². The summed E-state index contributed by atoms with van der Waals surface area (Å²) in [6, 6.07) is 0. The minimum Gasteiger partial charge on any atom is -0.462 e. The van der Waals surface area contributed by atoms with Crippen LogP contribution in [0.3, 0.4) is 0 Å². The molecule has 0 spiro atoms. The molecule has 0 aromatic rings. The van der Waals surface area contributed by atoms with Gasteiger partial charge >= 0.3 is 39.5 Å². The van der Waals surface area contributed by atoms with Crippen LogP contribution in [-0.2, 0) is 65.4 Å². The van der Waals surface area contributed by atoms with E-state index in [9.17, 15) is 43.2 Å². The van der Waals surface area contributed by atoms with Crippen LogP contribution in [0.4, 0.5) is 0 Å². The molecule has 0 aromatic heterocycles. The molecule has 0 heterocycles. The third-order valence-corrected chi connectivity index (χ3v) is 23.5. The predicted octanol–water partition coefficient (Wildman–Crippen LogP) is 27.9. The maximum absolute atomic E-state index is 13.2. The Morgan fingerprint density at radius 1 is 0.257 bits per heavy atom. The zero-order valence-electron chi connectivity index (χ0n) is 71.7. The summed E-state index contributed by atoms with van der Waals surface area (Å²) in [7, 11) is -9.93. The molecule has 0 saturated carbocycles. The Labute approximate surface area is 670 Å². The number of phosphoric ester groups is 2. The summed E-state index contributed by atoms with van der Waals surface area (Å²) >= 11 is 0. The highest BCUT2D eigenvalue weighted by Gasteiger charge is 2.31. The summed E-state index contributed by atoms with van der Waals surface area (Å²) in [5, 5.41) is 10.7. The monoisotopic (exact) mass is 1590 g/mol. The van der Waals surface area contributed by atoms with Crippen LogP contribution in [-0.4, -0.2) is 96.7 Å². The Morgan fingerprint density at radius 3 is 0.651 bits per heavy atom. The number of unbranched alkanes of at least 4 members (excludes halogenated alkanes) is 61. The van der Waals surface area contributed by atoms with Gasteiger partial charge in [-0.05, 0) is 31.6 Å². The van der Waals surface area contributed by atoms with Crippen molar-refractivity contribution in [2.24, 2.45) is 5.92 Å². The van der Waals surface area contributed by atoms with Gasteiger partial charge in [-0.3, -0.25) is 37.3 Å². The number of carbonyl (C=O) groups is 4. The standard InChI is InChI=1S/C90H176O17P2/c1-6-10-13-16-19-22-24-26-28-30-31-32-33-38-41-45-49-54-59-64-69-74-88(93)101-80-86(107-90(95)76-71-66-61-56-51-47-43-39-35-34-37-40-44-48-53-57-62-67-72-83(5)9-4)82-105-109(98,99)103-78-84(91)77-102-108(96,97)104-81-85(79-100-87(92)73-68-63-58-52-21-18-15-12-8-3)106-89(94)75-70-65-60-55-50-46-42-36-29-27-25-23-20-17-14-11-7-2/h83-86,91H,6-82H2,1-5H3,(H,96,97)(H,98,99)/t83?,84-,85+,86+/m0/s1. The maximum Gasteiger partial charge on any atom is 0.472 e. The normalized spacial score (nSPS) is 13.9. The van der Waals surface area contributed by atoms with E-state index in [4.69, 9.17) is 37.0 Å². The minimum atomic E-state index is -4.97. The van der Waals surface area contributed by atoms with Crippen molar-refractivity contribution >= 4 is 39.5 Å². The van der Waals surface area contributed by atoms with Crippen molar-refractivity contribution in [3.8, 4) is 0 Å². The SMILES string of the molecule is CCCCCCCCCCCCCCCCCCCCCCCC(=O)OC[C@H](COP(=O)(O)OC[C@@H](O)COP(=O)(O)OC[C@@H](COC(=O)CCCCCCCCCCC)OC(=O)CCCCCCCCCCCCCCCCCCC)OC(=O)CCCCCCCCCCCCCCCCCCCCC(C)CC. The van der Waals surface area contributed by atoms with E-state index in [1.807, 2.05) is 0 Å². The van der Waals surface area contributed by atoms with Gasteiger partial charge < -0.3 is 33.8 Å². The molecule has 0 radical (unpaired) electrons. The molecule has 0 bridgehead atoms. The molecule has 0 aliphatic carbocycles. The Bertz CT molecular complexity index is 2070. The Hall–Kier alpha value is -1.94. The lowest BCUT2D eigenvalue weighted by atomic mass is 9.99. The van der Waals surface area contributed by atoms with Gasteiger partial charge in [-0.1, -0.05) is 439 Å². The number of hydrogen-bond donors (Lipinski definition) is 3. The molecular formula is C90H176O17P2. The zero-order chi connectivity index (χ0) is 79.7. The molecule has 3 N–H and O–H groups in total. The van der Waals surface area contributed by atoms with Crippen LogP contribution in [0.15, 0.2) is 0 Å². The predicted molar refractivity (Wildman–Crippen MR) is 451 cm³/mol. The first kappa shape index (κ1) is 107. The van der Waals surface area contributed by atoms with Crippen molar-refractivity contribution in [3.05, 3.63) is 0 Å². The number of phosphoric acid groups is 2. The fourth-order valence-electron chi connectivity index (χ4n) is 14.1. The van der Waals surface area contributed by atoms with Crippen LogP contribution in [0, 0.1) is 5.92 Å². The number of aliphatic hydroxyl groups is 1. The number of rotatable bonds is 90. The minimum absolute atomic E-state index is 0.109. The van der Waals surface area contributed by atoms with Crippen LogP contribution in [0.2, 0.25) is 0 Å². The molecule has 0 aromatic carbocycles. The molecule has 0 aliphatic rings. The highest BCUT2D eigenvalue weighted by Crippen LogP contribution is 2.45. The van der Waals surface area contributed by atoms with Gasteiger partial charge in [-0.2, -0.15) is 0 Å². The summed E-state index contributed by atoms with van der Waals surface area (Å²) in [4.78, 5) is 73.3. The van der Waals surface area contributed by atoms with Gasteiger partial charge in [0.05, 0.1) is 26.4 Å². The quantitative estimate of drug-likeness (QED) is 0.0222. The first-order chi connectivity index (χ1) is 53.1. The van der Waals surface area contributed by atoms with Crippen molar-refractivity contribution in [3.63, 3.8) is 0 Å². The van der Waals surface area contributed by atoms with Crippen molar-refractivity contribution in [1.82, 2.24) is 0 Å². The van der Waals surface area contributed by atoms with Crippen LogP contribution >= 0.6 is 15.6 Å². The summed E-state index contributed by atoms with van der Waals surface area (Å²) in [6.07, 6.45) is 77.9. The first-order valence-electron chi connectivity index (χ1n) is 46.7. The highest BCUT2D eigenvalue weighted by molar-refractivity contribution is 7.47. The number of aliphatic hydroxyl groups excluding tert-OH is 1. The number of hydrogen-bond acceptors (Lipinski definition) is 15. The lowest BCUT2D eigenvalue weighted by molar-refractivity contribution is -0.161. The van der Waals surface area contributed by atoms with Gasteiger partial charge in [0.1, 0.15) is 19.3 Å². The zero-order valence-corrected chi connectivity index (χ0v) is 73.5. The first-order valence-corrected chi connectivity index (χ1v) is 49.7. The molecule has 0 saturated heterocycles. The van der Waals surface area contributed by atoms with E-state index in [1.54, 1.807) is 0 Å². The lowest BCUT2D eigenvalue weighted by Crippen LogP contribution is -2.30. The second-order valence-electron chi connectivity index (χ2n) is 32.6. The second kappa shape index (κ2) is 82.6. The third kappa shape index (κ3) is 82.4. The van der Waals surface area contributed by atoms with Crippen molar-refractivity contribution in [2.75, 3.05) is 39.6 Å². The van der Waals surface area contributed by atoms with Gasteiger partial charge in [0.25, 0.3) is 0 Å². The van der Waals surface area contributed by atoms with E-state index < -0.39 is 97.5 Å². The summed E-state index contributed by atoms with van der Waals surface area (Å²) in [5.74, 6) is -1.23. The number of carbonyl (C=O) groups excluding carboxylic acids is 4. The fourth-order valence-corrected chi connectivity index (χ4v) is 15.7. The maximum atomic E-state index is 13.2. The van der Waals surface area contributed by atoms with E-state index in [2.05, 4.69) is 34.6 Å². The molecule has 17 nitrogen and oxygen atoms in total. The summed E-state index contributed by atoms with van der Waals surface area (Å²) in [5.41, 5.74) is 0. The smallest absolute Gasteiger partial charge is 0.462 e.